The van der Waals surface area contributed by atoms with Crippen LogP contribution in [0, 0.1) is 6.92 Å². The monoisotopic (exact) mass is 341 g/mol. The Kier molecular flexibility index (Phi) is 4.61. The van der Waals surface area contributed by atoms with Crippen molar-refractivity contribution in [1.29, 1.82) is 0 Å². The van der Waals surface area contributed by atoms with Gasteiger partial charge in [0.15, 0.2) is 0 Å². The van der Waals surface area contributed by atoms with Gasteiger partial charge in [0.1, 0.15) is 0 Å². The zero-order valence-electron chi connectivity index (χ0n) is 14.7. The number of nitrogens with one attached hydrogen (secondary N) is 1. The SMILES string of the molecule is CCC(C)n1ncc(C(=O)Nc2cc(C(=O)O)ccc2C)c1C1CC1. The number of aromatic carboxylic acids is 1. The molecule has 132 valence electrons. The summed E-state index contributed by atoms with van der Waals surface area (Å²) >= 11 is 0. The third-order valence-electron chi connectivity index (χ3n) is 4.78. The lowest BCUT2D eigenvalue weighted by molar-refractivity contribution is 0.0696. The molecule has 0 saturated heterocycles. The highest BCUT2D eigenvalue weighted by Crippen LogP contribution is 2.42. The van der Waals surface area contributed by atoms with Crippen LogP contribution in [0.15, 0.2) is 24.4 Å². The van der Waals surface area contributed by atoms with Crippen LogP contribution < -0.4 is 5.32 Å². The molecule has 25 heavy (non-hydrogen) atoms. The Morgan fingerprint density at radius 3 is 2.72 bits per heavy atom. The van der Waals surface area contributed by atoms with Crippen LogP contribution >= 0.6 is 0 Å². The summed E-state index contributed by atoms with van der Waals surface area (Å²) in [6.45, 7) is 6.04. The summed E-state index contributed by atoms with van der Waals surface area (Å²) < 4.78 is 1.97. The van der Waals surface area contributed by atoms with E-state index < -0.39 is 5.97 Å². The summed E-state index contributed by atoms with van der Waals surface area (Å²) in [5, 5.41) is 16.4. The van der Waals surface area contributed by atoms with E-state index in [1.165, 1.54) is 12.1 Å². The van der Waals surface area contributed by atoms with Gasteiger partial charge in [-0.15, -0.1) is 0 Å². The molecule has 2 aromatic rings. The van der Waals surface area contributed by atoms with Gasteiger partial charge in [0.2, 0.25) is 0 Å². The highest BCUT2D eigenvalue weighted by atomic mass is 16.4. The molecule has 1 amide bonds. The number of benzene rings is 1. The van der Waals surface area contributed by atoms with Crippen molar-refractivity contribution in [3.63, 3.8) is 0 Å². The van der Waals surface area contributed by atoms with Gasteiger partial charge in [-0.2, -0.15) is 5.10 Å². The first-order valence-corrected chi connectivity index (χ1v) is 8.65. The first kappa shape index (κ1) is 17.2. The number of anilines is 1. The molecular weight excluding hydrogens is 318 g/mol. The predicted molar refractivity (Wildman–Crippen MR) is 95.3 cm³/mol. The van der Waals surface area contributed by atoms with Gasteiger partial charge in [-0.1, -0.05) is 13.0 Å². The number of carboxylic acids is 1. The lowest BCUT2D eigenvalue weighted by Crippen LogP contribution is -2.16. The molecule has 6 heteroatoms. The summed E-state index contributed by atoms with van der Waals surface area (Å²) in [6.07, 6.45) is 4.74. The molecule has 1 fully saturated rings. The molecule has 0 spiro atoms. The molecule has 6 nitrogen and oxygen atoms in total. The van der Waals surface area contributed by atoms with Crippen molar-refractivity contribution in [3.05, 3.63) is 46.8 Å². The van der Waals surface area contributed by atoms with Gasteiger partial charge in [-0.25, -0.2) is 4.79 Å². The summed E-state index contributed by atoms with van der Waals surface area (Å²) in [5.41, 5.74) is 3.07. The first-order valence-electron chi connectivity index (χ1n) is 8.65. The summed E-state index contributed by atoms with van der Waals surface area (Å²) in [7, 11) is 0. The second-order valence-electron chi connectivity index (χ2n) is 6.71. The van der Waals surface area contributed by atoms with E-state index in [0.717, 1.165) is 30.5 Å². The molecule has 2 N–H and O–H groups in total. The van der Waals surface area contributed by atoms with Crippen molar-refractivity contribution in [2.45, 2.75) is 52.0 Å². The fourth-order valence-corrected chi connectivity index (χ4v) is 2.91. The van der Waals surface area contributed by atoms with Gasteiger partial charge in [-0.3, -0.25) is 9.48 Å². The number of rotatable bonds is 6. The highest BCUT2D eigenvalue weighted by molar-refractivity contribution is 6.06. The molecule has 1 atom stereocenters. The average Bonchev–Trinajstić information content (AvgIpc) is 3.33. The second-order valence-corrected chi connectivity index (χ2v) is 6.71. The number of carbonyl (C=O) groups excluding carboxylic acids is 1. The fourth-order valence-electron chi connectivity index (χ4n) is 2.91. The van der Waals surface area contributed by atoms with Gasteiger partial charge >= 0.3 is 5.97 Å². The molecule has 0 bridgehead atoms. The minimum atomic E-state index is -1.02. The lowest BCUT2D eigenvalue weighted by Gasteiger charge is -2.15. The Morgan fingerprint density at radius 2 is 2.12 bits per heavy atom. The van der Waals surface area contributed by atoms with Gasteiger partial charge < -0.3 is 10.4 Å². The number of amides is 1. The van der Waals surface area contributed by atoms with Gasteiger partial charge in [0.25, 0.3) is 5.91 Å². The van der Waals surface area contributed by atoms with Crippen LogP contribution in [-0.2, 0) is 0 Å². The van der Waals surface area contributed by atoms with Crippen molar-refractivity contribution in [3.8, 4) is 0 Å². The summed E-state index contributed by atoms with van der Waals surface area (Å²) in [5.74, 6) is -0.857. The van der Waals surface area contributed by atoms with Crippen molar-refractivity contribution in [1.82, 2.24) is 9.78 Å². The zero-order chi connectivity index (χ0) is 18.1. The number of aromatic nitrogens is 2. The molecular formula is C19H23N3O3. The minimum Gasteiger partial charge on any atom is -0.478 e. The smallest absolute Gasteiger partial charge is 0.335 e. The highest BCUT2D eigenvalue weighted by Gasteiger charge is 2.33. The molecule has 1 aliphatic rings. The average molecular weight is 341 g/mol. The lowest BCUT2D eigenvalue weighted by atomic mass is 10.1. The topological polar surface area (TPSA) is 84.2 Å². The van der Waals surface area contributed by atoms with Crippen LogP contribution in [0.1, 0.15) is 77.0 Å². The largest absolute Gasteiger partial charge is 0.478 e. The van der Waals surface area contributed by atoms with E-state index in [1.807, 2.05) is 11.6 Å². The second kappa shape index (κ2) is 6.70. The predicted octanol–water partition coefficient (Wildman–Crippen LogP) is 3.99. The number of aryl methyl sites for hydroxylation is 1. The van der Waals surface area contributed by atoms with Gasteiger partial charge in [-0.05, 0) is 50.8 Å². The van der Waals surface area contributed by atoms with E-state index in [0.29, 0.717) is 17.2 Å². The number of hydrogen-bond donors (Lipinski definition) is 2. The quantitative estimate of drug-likeness (QED) is 0.832. The molecule has 1 unspecified atom stereocenters. The molecule has 1 aromatic heterocycles. The number of carbonyl (C=O) groups is 2. The molecule has 1 aromatic carbocycles. The van der Waals surface area contributed by atoms with E-state index in [-0.39, 0.29) is 17.5 Å². The zero-order valence-corrected chi connectivity index (χ0v) is 14.7. The van der Waals surface area contributed by atoms with E-state index in [1.54, 1.807) is 12.3 Å². The molecule has 0 aliphatic heterocycles. The van der Waals surface area contributed by atoms with Crippen LogP contribution in [0.25, 0.3) is 0 Å². The minimum absolute atomic E-state index is 0.151. The Balaban J connectivity index is 1.91. The normalized spacial score (nSPS) is 15.0. The van der Waals surface area contributed by atoms with E-state index in [9.17, 15) is 9.59 Å². The Bertz CT molecular complexity index is 821. The van der Waals surface area contributed by atoms with Crippen LogP contribution in [0.5, 0.6) is 0 Å². The Morgan fingerprint density at radius 1 is 1.40 bits per heavy atom. The fraction of sp³-hybridized carbons (Fsp3) is 0.421. The Labute approximate surface area is 146 Å². The molecule has 0 radical (unpaired) electrons. The molecule has 1 saturated carbocycles. The maximum atomic E-state index is 12.8. The Hall–Kier alpha value is -2.63. The third kappa shape index (κ3) is 3.43. The molecule has 1 heterocycles. The van der Waals surface area contributed by atoms with Crippen molar-refractivity contribution in [2.24, 2.45) is 0 Å². The van der Waals surface area contributed by atoms with Crippen LogP contribution in [0.2, 0.25) is 0 Å². The number of hydrogen-bond acceptors (Lipinski definition) is 3. The van der Waals surface area contributed by atoms with E-state index >= 15 is 0 Å². The molecule has 1 aliphatic carbocycles. The third-order valence-corrected chi connectivity index (χ3v) is 4.78. The van der Waals surface area contributed by atoms with E-state index in [2.05, 4.69) is 24.3 Å². The van der Waals surface area contributed by atoms with E-state index in [4.69, 9.17) is 5.11 Å². The van der Waals surface area contributed by atoms with Crippen LogP contribution in [0.3, 0.4) is 0 Å². The van der Waals surface area contributed by atoms with Crippen molar-refractivity contribution in [2.75, 3.05) is 5.32 Å². The molecule has 3 rings (SSSR count). The first-order chi connectivity index (χ1) is 11.9. The van der Waals surface area contributed by atoms with Crippen molar-refractivity contribution < 1.29 is 14.7 Å². The number of nitrogens with zero attached hydrogens (tertiary/aromatic N) is 2. The van der Waals surface area contributed by atoms with Gasteiger partial charge in [0, 0.05) is 17.6 Å². The number of carboxylic acid groups (broad SMARTS) is 1. The van der Waals surface area contributed by atoms with Crippen molar-refractivity contribution >= 4 is 17.6 Å². The maximum Gasteiger partial charge on any atom is 0.335 e. The maximum absolute atomic E-state index is 12.8. The van der Waals surface area contributed by atoms with Gasteiger partial charge in [0.05, 0.1) is 23.0 Å². The van der Waals surface area contributed by atoms with Crippen LogP contribution in [0.4, 0.5) is 5.69 Å². The summed E-state index contributed by atoms with van der Waals surface area (Å²) in [4.78, 5) is 24.0. The standard InChI is InChI=1S/C19H23N3O3/c1-4-12(3)22-17(13-7-8-13)15(10-20-22)18(23)21-16-9-14(19(24)25)6-5-11(16)2/h5-6,9-10,12-13H,4,7-8H2,1-3H3,(H,21,23)(H,24,25). The van der Waals surface area contributed by atoms with Crippen LogP contribution in [-0.4, -0.2) is 26.8 Å². The summed E-state index contributed by atoms with van der Waals surface area (Å²) in [6, 6.07) is 4.97.